The van der Waals surface area contributed by atoms with Crippen LogP contribution in [0.1, 0.15) is 44.1 Å². The van der Waals surface area contributed by atoms with E-state index in [1.807, 2.05) is 24.3 Å². The summed E-state index contributed by atoms with van der Waals surface area (Å²) in [5.41, 5.74) is 1.68. The van der Waals surface area contributed by atoms with E-state index in [2.05, 4.69) is 10.6 Å². The van der Waals surface area contributed by atoms with Crippen LogP contribution >= 0.6 is 11.8 Å². The van der Waals surface area contributed by atoms with Gasteiger partial charge in [0.25, 0.3) is 0 Å². The second kappa shape index (κ2) is 8.53. The number of nitrogens with one attached hydrogen (secondary N) is 2. The fraction of sp³-hybridized carbons (Fsp3) is 0.364. The fourth-order valence-corrected chi connectivity index (χ4v) is 4.80. The van der Waals surface area contributed by atoms with Crippen molar-refractivity contribution in [1.82, 2.24) is 0 Å². The molecule has 4 rings (SSSR count). The van der Waals surface area contributed by atoms with E-state index in [0.717, 1.165) is 54.1 Å². The third kappa shape index (κ3) is 4.61. The van der Waals surface area contributed by atoms with E-state index in [0.29, 0.717) is 0 Å². The van der Waals surface area contributed by atoms with Gasteiger partial charge in [0.15, 0.2) is 0 Å². The molecular formula is C22H23F2N3OS. The van der Waals surface area contributed by atoms with Gasteiger partial charge in [0.05, 0.1) is 11.4 Å². The molecule has 1 spiro atoms. The number of fused-ring (bicyclic) bond motifs is 1. The number of hydrogen-bond donors (Lipinski definition) is 2. The highest BCUT2D eigenvalue weighted by Crippen LogP contribution is 2.39. The van der Waals surface area contributed by atoms with Gasteiger partial charge in [-0.3, -0.25) is 4.79 Å². The number of thioether (sulfide) groups is 1. The Kier molecular flexibility index (Phi) is 5.85. The van der Waals surface area contributed by atoms with E-state index in [1.54, 1.807) is 0 Å². The standard InChI is InChI=1S/C22H23F2N3OS/c23-15-9-10-19(17(24)13-15)25-20(28)14-29-21-16-7-3-4-8-18(16)26-22(27-21)11-5-1-2-6-12-22/h3-4,7-10,13,26H,1-2,5-6,11-12,14H2,(H,25,28). The summed E-state index contributed by atoms with van der Waals surface area (Å²) in [6, 6.07) is 11.1. The molecule has 0 atom stereocenters. The minimum atomic E-state index is -0.787. The largest absolute Gasteiger partial charge is 0.361 e. The smallest absolute Gasteiger partial charge is 0.234 e. The van der Waals surface area contributed by atoms with E-state index in [9.17, 15) is 13.6 Å². The minimum Gasteiger partial charge on any atom is -0.361 e. The molecule has 1 fully saturated rings. The van der Waals surface area contributed by atoms with Crippen molar-refractivity contribution in [1.29, 1.82) is 0 Å². The second-order valence-electron chi connectivity index (χ2n) is 7.49. The average molecular weight is 416 g/mol. The van der Waals surface area contributed by atoms with Crippen molar-refractivity contribution in [3.63, 3.8) is 0 Å². The number of para-hydroxylation sites is 1. The molecular weight excluding hydrogens is 392 g/mol. The van der Waals surface area contributed by atoms with Crippen LogP contribution in [0.3, 0.4) is 0 Å². The number of hydrogen-bond acceptors (Lipinski definition) is 4. The molecule has 0 saturated heterocycles. The van der Waals surface area contributed by atoms with Crippen LogP contribution in [0.5, 0.6) is 0 Å². The van der Waals surface area contributed by atoms with E-state index < -0.39 is 11.6 Å². The van der Waals surface area contributed by atoms with Crippen molar-refractivity contribution in [2.24, 2.45) is 4.99 Å². The lowest BCUT2D eigenvalue weighted by Crippen LogP contribution is -2.40. The average Bonchev–Trinajstić information content (AvgIpc) is 2.93. The lowest BCUT2D eigenvalue weighted by molar-refractivity contribution is -0.113. The number of aliphatic imine (C=N–C) groups is 1. The van der Waals surface area contributed by atoms with Crippen LogP contribution in [-0.4, -0.2) is 22.4 Å². The van der Waals surface area contributed by atoms with Crippen LogP contribution in [0.15, 0.2) is 47.5 Å². The summed E-state index contributed by atoms with van der Waals surface area (Å²) in [7, 11) is 0. The third-order valence-electron chi connectivity index (χ3n) is 5.32. The molecule has 2 N–H and O–H groups in total. The number of carbonyl (C=O) groups is 1. The summed E-state index contributed by atoms with van der Waals surface area (Å²) < 4.78 is 26.8. The van der Waals surface area contributed by atoms with Gasteiger partial charge in [-0.05, 0) is 43.9 Å². The first-order valence-corrected chi connectivity index (χ1v) is 10.9. The fourth-order valence-electron chi connectivity index (χ4n) is 3.88. The third-order valence-corrected chi connectivity index (χ3v) is 6.31. The molecule has 2 aromatic carbocycles. The Balaban J connectivity index is 1.50. The van der Waals surface area contributed by atoms with Gasteiger partial charge >= 0.3 is 0 Å². The lowest BCUT2D eigenvalue weighted by atomic mass is 9.97. The first-order chi connectivity index (χ1) is 14.0. The molecule has 0 aromatic heterocycles. The number of benzene rings is 2. The molecule has 0 unspecified atom stereocenters. The van der Waals surface area contributed by atoms with Crippen LogP contribution in [-0.2, 0) is 4.79 Å². The Morgan fingerprint density at radius 2 is 1.86 bits per heavy atom. The van der Waals surface area contributed by atoms with Gasteiger partial charge < -0.3 is 10.6 Å². The normalized spacial score (nSPS) is 17.7. The maximum Gasteiger partial charge on any atom is 0.234 e. The van der Waals surface area contributed by atoms with E-state index in [1.165, 1.54) is 30.7 Å². The number of carbonyl (C=O) groups excluding carboxylic acids is 1. The van der Waals surface area contributed by atoms with Crippen LogP contribution in [0, 0.1) is 11.6 Å². The Labute approximate surface area is 173 Å². The van der Waals surface area contributed by atoms with E-state index >= 15 is 0 Å². The van der Waals surface area contributed by atoms with Gasteiger partial charge in [-0.1, -0.05) is 42.8 Å². The quantitative estimate of drug-likeness (QED) is 0.690. The molecule has 1 heterocycles. The molecule has 7 heteroatoms. The van der Waals surface area contributed by atoms with Crippen LogP contribution in [0.25, 0.3) is 0 Å². The highest BCUT2D eigenvalue weighted by Gasteiger charge is 2.35. The molecule has 2 aromatic rings. The zero-order chi connectivity index (χ0) is 20.3. The van der Waals surface area contributed by atoms with Crippen molar-refractivity contribution >= 4 is 34.1 Å². The molecule has 152 valence electrons. The zero-order valence-corrected chi connectivity index (χ0v) is 16.8. The number of amides is 1. The van der Waals surface area contributed by atoms with E-state index in [-0.39, 0.29) is 23.0 Å². The summed E-state index contributed by atoms with van der Waals surface area (Å²) in [4.78, 5) is 17.4. The molecule has 29 heavy (non-hydrogen) atoms. The molecule has 0 bridgehead atoms. The van der Waals surface area contributed by atoms with Crippen LogP contribution < -0.4 is 10.6 Å². The van der Waals surface area contributed by atoms with Crippen LogP contribution in [0.2, 0.25) is 0 Å². The van der Waals surface area contributed by atoms with Gasteiger partial charge in [-0.2, -0.15) is 0 Å². The molecule has 0 radical (unpaired) electrons. The van der Waals surface area contributed by atoms with Crippen molar-refractivity contribution in [2.45, 2.75) is 44.2 Å². The summed E-state index contributed by atoms with van der Waals surface area (Å²) in [5.74, 6) is -1.72. The maximum atomic E-state index is 13.8. The Morgan fingerprint density at radius 3 is 2.62 bits per heavy atom. The SMILES string of the molecule is O=C(CSC1=NC2(CCCCCC2)Nc2ccccc21)Nc1ccc(F)cc1F. The molecule has 2 aliphatic rings. The van der Waals surface area contributed by atoms with Gasteiger partial charge in [0.1, 0.15) is 22.3 Å². The predicted molar refractivity (Wildman–Crippen MR) is 114 cm³/mol. The molecule has 1 amide bonds. The predicted octanol–water partition coefficient (Wildman–Crippen LogP) is 5.56. The van der Waals surface area contributed by atoms with Crippen molar-refractivity contribution < 1.29 is 13.6 Å². The molecule has 1 saturated carbocycles. The van der Waals surface area contributed by atoms with Crippen molar-refractivity contribution in [2.75, 3.05) is 16.4 Å². The zero-order valence-electron chi connectivity index (χ0n) is 16.0. The first-order valence-electron chi connectivity index (χ1n) is 9.90. The van der Waals surface area contributed by atoms with E-state index in [4.69, 9.17) is 4.99 Å². The maximum absolute atomic E-state index is 13.8. The van der Waals surface area contributed by atoms with Gasteiger partial charge in [0, 0.05) is 17.3 Å². The topological polar surface area (TPSA) is 53.5 Å². The minimum absolute atomic E-state index is 0.0233. The number of anilines is 2. The first kappa shape index (κ1) is 19.9. The lowest BCUT2D eigenvalue weighted by Gasteiger charge is -2.36. The summed E-state index contributed by atoms with van der Waals surface area (Å²) in [6.07, 6.45) is 6.63. The Hall–Kier alpha value is -2.41. The van der Waals surface area contributed by atoms with Crippen molar-refractivity contribution in [3.05, 3.63) is 59.7 Å². The number of nitrogens with zero attached hydrogens (tertiary/aromatic N) is 1. The van der Waals surface area contributed by atoms with Gasteiger partial charge in [-0.15, -0.1) is 0 Å². The summed E-state index contributed by atoms with van der Waals surface area (Å²) in [5, 5.41) is 6.98. The monoisotopic (exact) mass is 415 g/mol. The highest BCUT2D eigenvalue weighted by atomic mass is 32.2. The number of rotatable bonds is 3. The van der Waals surface area contributed by atoms with Crippen molar-refractivity contribution in [3.8, 4) is 0 Å². The summed E-state index contributed by atoms with van der Waals surface area (Å²) in [6.45, 7) is 0. The summed E-state index contributed by atoms with van der Waals surface area (Å²) >= 11 is 1.35. The molecule has 1 aliphatic heterocycles. The van der Waals surface area contributed by atoms with Gasteiger partial charge in [0.2, 0.25) is 5.91 Å². The van der Waals surface area contributed by atoms with Crippen LogP contribution in [0.4, 0.5) is 20.2 Å². The molecule has 1 aliphatic carbocycles. The second-order valence-corrected chi connectivity index (χ2v) is 8.46. The number of halogens is 2. The highest BCUT2D eigenvalue weighted by molar-refractivity contribution is 8.15. The molecule has 4 nitrogen and oxygen atoms in total. The Bertz CT molecular complexity index is 939. The van der Waals surface area contributed by atoms with Gasteiger partial charge in [-0.25, -0.2) is 13.8 Å². The Morgan fingerprint density at radius 1 is 1.10 bits per heavy atom.